The minimum absolute atomic E-state index is 0.0796. The monoisotopic (exact) mass is 2050 g/mol. The highest BCUT2D eigenvalue weighted by molar-refractivity contribution is 6.31. The first-order valence-corrected chi connectivity index (χ1v) is 42.7. The van der Waals surface area contributed by atoms with E-state index in [9.17, 15) is 84.3 Å². The number of alkyl halides is 17. The van der Waals surface area contributed by atoms with Crippen LogP contribution in [0.3, 0.4) is 0 Å². The first-order valence-electron chi connectivity index (χ1n) is 42.0. The molecular formula is C95H68Cl2F18N26O4. The van der Waals surface area contributed by atoms with Gasteiger partial charge in [0, 0.05) is 68.7 Å². The van der Waals surface area contributed by atoms with Gasteiger partial charge in [-0.05, 0) is 235 Å². The van der Waals surface area contributed by atoms with Crippen LogP contribution in [0.25, 0.3) is 78.8 Å². The molecule has 11 aromatic heterocycles. The van der Waals surface area contributed by atoms with Gasteiger partial charge in [0.15, 0.2) is 40.6 Å². The number of halogens is 20. The quantitative estimate of drug-likeness (QED) is 0.0329. The maximum Gasteiger partial charge on any atom is 0.573 e. The molecule has 8 aromatic carbocycles. The average molecular weight is 2050 g/mol. The Bertz CT molecular complexity index is 7860. The Labute approximate surface area is 815 Å². The largest absolute Gasteiger partial charge is 0.573 e. The van der Waals surface area contributed by atoms with Crippen LogP contribution in [0.5, 0.6) is 23.0 Å². The number of aromatic amines is 1. The van der Waals surface area contributed by atoms with Crippen molar-refractivity contribution < 1.29 is 98.0 Å². The van der Waals surface area contributed by atoms with Gasteiger partial charge in [-0.25, -0.2) is 49.2 Å². The second-order valence-corrected chi connectivity index (χ2v) is 31.4. The van der Waals surface area contributed by atoms with Gasteiger partial charge >= 0.3 is 38.1 Å². The molecule has 0 aliphatic rings. The smallest absolute Gasteiger partial charge is 0.435 e. The summed E-state index contributed by atoms with van der Waals surface area (Å²) in [5.41, 5.74) is 8.22. The molecule has 0 amide bonds. The van der Waals surface area contributed by atoms with E-state index in [4.69, 9.17) is 23.2 Å². The molecular weight excluding hydrogens is 1980 g/mol. The molecule has 0 fully saturated rings. The molecule has 0 saturated carbocycles. The van der Waals surface area contributed by atoms with Crippen LogP contribution in [0.1, 0.15) is 45.7 Å². The lowest BCUT2D eigenvalue weighted by atomic mass is 10.1. The number of nitrogens with zero attached hydrogens (tertiary/aromatic N) is 19. The average Bonchev–Trinajstić information content (AvgIpc) is 1.60. The predicted molar refractivity (Wildman–Crippen MR) is 501 cm³/mol. The highest BCUT2D eigenvalue weighted by atomic mass is 35.5. The number of H-pyrrole nitrogens is 1. The summed E-state index contributed by atoms with van der Waals surface area (Å²) in [5.74, 6) is 3.77. The second kappa shape index (κ2) is 42.8. The van der Waals surface area contributed by atoms with Crippen LogP contribution in [-0.4, -0.2) is 126 Å². The van der Waals surface area contributed by atoms with E-state index in [1.54, 1.807) is 73.5 Å². The number of hydrogen-bond donors (Lipinski definition) is 7. The maximum atomic E-state index is 13.8. The molecule has 0 spiro atoms. The Hall–Kier alpha value is -17.7. The van der Waals surface area contributed by atoms with E-state index >= 15 is 0 Å². The lowest BCUT2D eigenvalue weighted by Crippen LogP contribution is -2.17. The lowest BCUT2D eigenvalue weighted by Gasteiger charge is -2.12. The number of nitrogens with one attached hydrogen (secondary N) is 7. The van der Waals surface area contributed by atoms with Gasteiger partial charge in [-0.15, -0.1) is 39.5 Å². The van der Waals surface area contributed by atoms with Crippen LogP contribution in [0, 0.1) is 51.8 Å². The van der Waals surface area contributed by atoms with Gasteiger partial charge in [0.25, 0.3) is 0 Å². The van der Waals surface area contributed by atoms with Crippen molar-refractivity contribution in [3.63, 3.8) is 0 Å². The van der Waals surface area contributed by atoms with E-state index in [0.717, 1.165) is 120 Å². The number of rotatable bonds is 21. The molecule has 30 nitrogen and oxygen atoms in total. The van der Waals surface area contributed by atoms with Gasteiger partial charge in [0.2, 0.25) is 0 Å². The van der Waals surface area contributed by atoms with Crippen molar-refractivity contribution in [1.29, 1.82) is 5.26 Å². The molecule has 0 unspecified atom stereocenters. The van der Waals surface area contributed by atoms with E-state index in [0.29, 0.717) is 85.0 Å². The number of aryl methyl sites for hydroxylation is 5. The summed E-state index contributed by atoms with van der Waals surface area (Å²) in [6.45, 7) is 6.47. The Balaban J connectivity index is 0.000000137. The van der Waals surface area contributed by atoms with Gasteiger partial charge in [-0.3, -0.25) is 43.1 Å². The number of benzene rings is 8. The summed E-state index contributed by atoms with van der Waals surface area (Å²) in [5, 5.41) is 35.4. The predicted octanol–water partition coefficient (Wildman–Crippen LogP) is 25.7. The number of fused-ring (bicyclic) bond motifs is 4. The zero-order valence-corrected chi connectivity index (χ0v) is 76.5. The fourth-order valence-corrected chi connectivity index (χ4v) is 14.6. The van der Waals surface area contributed by atoms with Crippen LogP contribution in [0.4, 0.5) is 142 Å². The van der Waals surface area contributed by atoms with Crippen LogP contribution in [-0.2, 0) is 12.4 Å². The number of anilines is 11. The third-order valence-electron chi connectivity index (χ3n) is 20.2. The second-order valence-electron chi connectivity index (χ2n) is 30.5. The molecule has 7 N–H and O–H groups in total. The fraction of sp³-hybridized carbons (Fsp3) is 0.126. The Morgan fingerprint density at radius 2 is 0.772 bits per heavy atom. The molecule has 145 heavy (non-hydrogen) atoms. The van der Waals surface area contributed by atoms with Gasteiger partial charge in [-0.2, -0.15) is 45.5 Å². The third-order valence-corrected chi connectivity index (χ3v) is 20.7. The van der Waals surface area contributed by atoms with Gasteiger partial charge in [-0.1, -0.05) is 23.2 Å². The van der Waals surface area contributed by atoms with E-state index in [1.165, 1.54) is 110 Å². The normalized spacial score (nSPS) is 11.6. The van der Waals surface area contributed by atoms with E-state index in [1.807, 2.05) is 85.7 Å². The number of nitriles is 1. The van der Waals surface area contributed by atoms with Crippen LogP contribution in [0.15, 0.2) is 256 Å². The Kier molecular flexibility index (Phi) is 30.0. The summed E-state index contributed by atoms with van der Waals surface area (Å²) in [7, 11) is 1.84. The molecule has 50 heteroatoms. The number of imidazole rings is 4. The van der Waals surface area contributed by atoms with Crippen LogP contribution in [0.2, 0.25) is 10.0 Å². The van der Waals surface area contributed by atoms with Crippen molar-refractivity contribution in [3.05, 3.63) is 318 Å². The van der Waals surface area contributed by atoms with E-state index < -0.39 is 66.6 Å². The molecule has 0 saturated heterocycles. The lowest BCUT2D eigenvalue weighted by molar-refractivity contribution is -0.275. The Morgan fingerprint density at radius 1 is 0.393 bits per heavy atom. The molecule has 0 radical (unpaired) electrons. The minimum Gasteiger partial charge on any atom is -0.435 e. The molecule has 19 aromatic rings. The van der Waals surface area contributed by atoms with Gasteiger partial charge in [0.1, 0.15) is 69.3 Å². The third kappa shape index (κ3) is 26.3. The highest BCUT2D eigenvalue weighted by Crippen LogP contribution is 2.41. The zero-order chi connectivity index (χ0) is 104. The zero-order valence-electron chi connectivity index (χ0n) is 75.0. The van der Waals surface area contributed by atoms with Gasteiger partial charge < -0.3 is 50.8 Å². The molecule has 11 heterocycles. The van der Waals surface area contributed by atoms with Crippen molar-refractivity contribution in [2.75, 3.05) is 38.9 Å². The summed E-state index contributed by atoms with van der Waals surface area (Å²) in [6, 6.07) is 48.8. The molecule has 19 rings (SSSR count). The minimum atomic E-state index is -4.91. The molecule has 0 aliphatic carbocycles. The van der Waals surface area contributed by atoms with Crippen molar-refractivity contribution in [3.8, 4) is 69.2 Å². The van der Waals surface area contributed by atoms with E-state index in [-0.39, 0.29) is 45.7 Å². The van der Waals surface area contributed by atoms with Gasteiger partial charge in [0.05, 0.1) is 117 Å². The first kappa shape index (κ1) is 102. The fourth-order valence-electron chi connectivity index (χ4n) is 14.3. The standard InChI is InChI=1S/C21H10F7N5O.C20H17F3N6O.C19H13ClF3N5O.C19H14ClF2N5O.C16H14F3N5/c22-12-1-6-17-32-19(20(23,24)25)18(33(17)10-12)15-7-11(9-29)8-16(31-15)30-13-2-4-14(5-3-13)34-21(26,27)28;1-12-26-16-9-14(24-2)5-8-17(16)29(12)19-11-25-10-18(28-19)27-13-3-6-15(7-4-13)30-20(21,22)23;1-11-25-15-8-12(20)2-7-16(15)28(11)18-10-24-9-17(27-18)26-13-3-5-14(6-4-13)29-19(21,22)23;1-11-24-15-8-12(20)2-7-16(15)27(11)18-10-23-9-17(26-18)25-13-3-5-14(6-4-13)28-19(21)22;1-9-15(10(2)24-23-9)13-7-20-8-14(22-13)21-12-5-3-11(4-6-12)16(17,18)19/h1-8,10H,(H,30,31);3-11,24H,1-2H3,(H,27,28);2-10H,1H3,(H,26,27);2-10,19H,1H3,(H,25,26);3-8H,1-2H3,(H,21,22)(H,23,24). The Morgan fingerprint density at radius 3 is 1.16 bits per heavy atom. The summed E-state index contributed by atoms with van der Waals surface area (Å²) >= 11 is 12.1. The number of ether oxygens (including phenoxy) is 4. The molecule has 742 valence electrons. The van der Waals surface area contributed by atoms with Crippen molar-refractivity contribution in [1.82, 2.24) is 93.1 Å². The first-order chi connectivity index (χ1) is 68.9. The highest BCUT2D eigenvalue weighted by Gasteiger charge is 2.40. The maximum absolute atomic E-state index is 13.8. The summed E-state index contributed by atoms with van der Waals surface area (Å²) in [6.07, 6.45) is -10.2. The number of pyridine rings is 2. The molecule has 0 aliphatic heterocycles. The number of hydrogen-bond acceptors (Lipinski definition) is 25. The van der Waals surface area contributed by atoms with Crippen LogP contribution < -0.4 is 50.8 Å². The van der Waals surface area contributed by atoms with Crippen molar-refractivity contribution in [2.45, 2.75) is 72.7 Å². The van der Waals surface area contributed by atoms with Crippen LogP contribution >= 0.6 is 23.2 Å². The van der Waals surface area contributed by atoms with E-state index in [2.05, 4.69) is 126 Å². The molecule has 0 bridgehead atoms. The van der Waals surface area contributed by atoms with Crippen molar-refractivity contribution >= 4 is 125 Å². The van der Waals surface area contributed by atoms with Crippen molar-refractivity contribution in [2.24, 2.45) is 0 Å². The number of aromatic nitrogens is 19. The molecule has 0 atom stereocenters. The summed E-state index contributed by atoms with van der Waals surface area (Å²) < 4.78 is 250. The topological polar surface area (TPSA) is 348 Å². The SMILES string of the molecule is CNc1ccc2c(c1)nc(C)n2-c1cncc(Nc2ccc(OC(F)(F)F)cc2)n1.Cc1n[nH]c(C)c1-c1cncc(Nc2ccc(C(F)(F)F)cc2)n1.Cc1nc2cc(Cl)ccc2n1-c1cncc(Nc2ccc(OC(F)(F)F)cc2)n1.Cc1nc2cc(Cl)ccc2n1-c1cncc(Nc2ccc(OC(F)F)cc2)n1.N#Cc1cc(Nc2ccc(OC(F)(F)F)cc2)nc(-c2c(C(F)(F)F)nc3ccc(F)cn23)c1. The summed E-state index contributed by atoms with van der Waals surface area (Å²) in [4.78, 5) is 56.1.